The molecule has 7 nitrogen and oxygen atoms in total. The Morgan fingerprint density at radius 2 is 2.23 bits per heavy atom. The largest absolute Gasteiger partial charge is 0.476 e. The van der Waals surface area contributed by atoms with Gasteiger partial charge in [0.2, 0.25) is 0 Å². The highest BCUT2D eigenvalue weighted by Crippen LogP contribution is 2.34. The molecule has 2 heterocycles. The predicted molar refractivity (Wildman–Crippen MR) is 81.5 cm³/mol. The molecule has 2 rings (SSSR count). The summed E-state index contributed by atoms with van der Waals surface area (Å²) in [5.41, 5.74) is 5.67. The molecular formula is C15H21N3O4. The number of carbonyl (C=O) groups is 2. The van der Waals surface area contributed by atoms with E-state index in [1.807, 2.05) is 20.8 Å². The van der Waals surface area contributed by atoms with Crippen LogP contribution in [-0.4, -0.2) is 36.1 Å². The summed E-state index contributed by atoms with van der Waals surface area (Å²) in [5.74, 6) is 0.132. The van der Waals surface area contributed by atoms with E-state index in [9.17, 15) is 9.59 Å². The third-order valence-corrected chi connectivity index (χ3v) is 3.24. The van der Waals surface area contributed by atoms with Crippen LogP contribution >= 0.6 is 0 Å². The summed E-state index contributed by atoms with van der Waals surface area (Å²) in [7, 11) is 0. The topological polar surface area (TPSA) is 94.8 Å². The highest BCUT2D eigenvalue weighted by molar-refractivity contribution is 6.02. The van der Waals surface area contributed by atoms with Crippen molar-refractivity contribution >= 4 is 23.5 Å². The molecule has 0 bridgehead atoms. The van der Waals surface area contributed by atoms with Gasteiger partial charge in [-0.15, -0.1) is 0 Å². The molecule has 1 aromatic rings. The third-order valence-electron chi connectivity index (χ3n) is 3.24. The number of rotatable bonds is 5. The van der Waals surface area contributed by atoms with Gasteiger partial charge in [-0.1, -0.05) is 20.8 Å². The minimum Gasteiger partial charge on any atom is -0.476 e. The number of amides is 1. The highest BCUT2D eigenvalue weighted by Gasteiger charge is 2.38. The Morgan fingerprint density at radius 1 is 1.50 bits per heavy atom. The van der Waals surface area contributed by atoms with Crippen LogP contribution in [0.15, 0.2) is 12.1 Å². The number of nitrogens with two attached hydrogens (primary N) is 1. The van der Waals surface area contributed by atoms with Crippen LogP contribution in [0.25, 0.3) is 0 Å². The number of nitrogens with zero attached hydrogens (tertiary/aromatic N) is 2. The molecule has 7 heteroatoms. The van der Waals surface area contributed by atoms with Crippen molar-refractivity contribution in [1.82, 2.24) is 4.98 Å². The molecule has 0 fully saturated rings. The first-order valence-corrected chi connectivity index (χ1v) is 7.34. The van der Waals surface area contributed by atoms with Crippen LogP contribution in [-0.2, 0) is 14.3 Å². The first-order chi connectivity index (χ1) is 10.4. The van der Waals surface area contributed by atoms with E-state index in [0.29, 0.717) is 12.4 Å². The van der Waals surface area contributed by atoms with Gasteiger partial charge in [-0.3, -0.25) is 14.5 Å². The Kier molecular flexibility index (Phi) is 4.85. The summed E-state index contributed by atoms with van der Waals surface area (Å²) in [6.07, 6.45) is 0.0658. The molecule has 1 amide bonds. The molecule has 0 saturated heterocycles. The molecule has 2 N–H and O–H groups in total. The van der Waals surface area contributed by atoms with Gasteiger partial charge in [0.1, 0.15) is 12.4 Å². The fourth-order valence-electron chi connectivity index (χ4n) is 2.15. The normalized spacial score (nSPS) is 17.2. The van der Waals surface area contributed by atoms with E-state index in [4.69, 9.17) is 15.2 Å². The first kappa shape index (κ1) is 16.1. The van der Waals surface area contributed by atoms with Gasteiger partial charge in [0.25, 0.3) is 5.91 Å². The number of ether oxygens (including phenoxy) is 2. The standard InChI is InChI=1S/C15H21N3O4/c1-4-7-21-12(19)8-18-14-10(5-6-11(16)17-14)22-13(9(2)3)15(18)20/h5-6,9,13H,4,7-8H2,1-3H3,(H2,16,17). The van der Waals surface area contributed by atoms with Crippen molar-refractivity contribution in [2.45, 2.75) is 33.3 Å². The van der Waals surface area contributed by atoms with Crippen molar-refractivity contribution in [3.05, 3.63) is 12.1 Å². The molecule has 0 aromatic carbocycles. The summed E-state index contributed by atoms with van der Waals surface area (Å²) in [4.78, 5) is 29.8. The molecule has 1 aliphatic rings. The average Bonchev–Trinajstić information content (AvgIpc) is 2.47. The molecule has 0 saturated carbocycles. The van der Waals surface area contributed by atoms with Crippen molar-refractivity contribution < 1.29 is 19.1 Å². The van der Waals surface area contributed by atoms with Crippen molar-refractivity contribution in [3.8, 4) is 5.75 Å². The Balaban J connectivity index is 2.30. The zero-order chi connectivity index (χ0) is 16.3. The summed E-state index contributed by atoms with van der Waals surface area (Å²) in [5, 5.41) is 0. The monoisotopic (exact) mass is 307 g/mol. The minimum absolute atomic E-state index is 0.0348. The number of anilines is 2. The molecule has 0 spiro atoms. The summed E-state index contributed by atoms with van der Waals surface area (Å²) < 4.78 is 10.7. The van der Waals surface area contributed by atoms with Crippen molar-refractivity contribution in [2.75, 3.05) is 23.8 Å². The maximum absolute atomic E-state index is 12.6. The van der Waals surface area contributed by atoms with Gasteiger partial charge in [-0.25, -0.2) is 4.98 Å². The number of esters is 1. The SMILES string of the molecule is CCCOC(=O)CN1C(=O)C(C(C)C)Oc2ccc(N)nc21. The van der Waals surface area contributed by atoms with Crippen LogP contribution in [0.5, 0.6) is 5.75 Å². The number of hydrogen-bond donors (Lipinski definition) is 1. The summed E-state index contributed by atoms with van der Waals surface area (Å²) in [6.45, 7) is 5.79. The Bertz CT molecular complexity index is 574. The molecule has 1 aliphatic heterocycles. The highest BCUT2D eigenvalue weighted by atomic mass is 16.5. The lowest BCUT2D eigenvalue weighted by molar-refractivity contribution is -0.143. The van der Waals surface area contributed by atoms with Gasteiger partial charge in [0.15, 0.2) is 17.7 Å². The average molecular weight is 307 g/mol. The molecule has 1 unspecified atom stereocenters. The number of hydrogen-bond acceptors (Lipinski definition) is 6. The summed E-state index contributed by atoms with van der Waals surface area (Å²) in [6, 6.07) is 3.25. The maximum atomic E-state index is 12.6. The Morgan fingerprint density at radius 3 is 2.86 bits per heavy atom. The molecule has 120 valence electrons. The van der Waals surface area contributed by atoms with Crippen LogP contribution in [0.2, 0.25) is 0 Å². The second-order valence-electron chi connectivity index (χ2n) is 5.49. The Hall–Kier alpha value is -2.31. The van der Waals surface area contributed by atoms with Gasteiger partial charge in [-0.05, 0) is 24.5 Å². The van der Waals surface area contributed by atoms with Gasteiger partial charge in [0.05, 0.1) is 6.61 Å². The summed E-state index contributed by atoms with van der Waals surface area (Å²) >= 11 is 0. The molecular weight excluding hydrogens is 286 g/mol. The predicted octanol–water partition coefficient (Wildman–Crippen LogP) is 1.37. The third kappa shape index (κ3) is 3.29. The smallest absolute Gasteiger partial charge is 0.326 e. The van der Waals surface area contributed by atoms with E-state index in [-0.39, 0.29) is 30.0 Å². The van der Waals surface area contributed by atoms with Crippen molar-refractivity contribution in [1.29, 1.82) is 0 Å². The number of nitrogen functional groups attached to an aromatic ring is 1. The molecule has 0 radical (unpaired) electrons. The zero-order valence-electron chi connectivity index (χ0n) is 13.0. The lowest BCUT2D eigenvalue weighted by Crippen LogP contribution is -2.50. The molecule has 0 aliphatic carbocycles. The van der Waals surface area contributed by atoms with E-state index >= 15 is 0 Å². The van der Waals surface area contributed by atoms with Crippen LogP contribution in [0.4, 0.5) is 11.6 Å². The maximum Gasteiger partial charge on any atom is 0.326 e. The lowest BCUT2D eigenvalue weighted by atomic mass is 10.0. The van der Waals surface area contributed by atoms with Crippen LogP contribution in [0.3, 0.4) is 0 Å². The number of aromatic nitrogens is 1. The van der Waals surface area contributed by atoms with Crippen molar-refractivity contribution in [3.63, 3.8) is 0 Å². The fourth-order valence-corrected chi connectivity index (χ4v) is 2.15. The van der Waals surface area contributed by atoms with Gasteiger partial charge >= 0.3 is 5.97 Å². The van der Waals surface area contributed by atoms with Gasteiger partial charge in [-0.2, -0.15) is 0 Å². The van der Waals surface area contributed by atoms with Gasteiger partial charge < -0.3 is 15.2 Å². The van der Waals surface area contributed by atoms with Gasteiger partial charge in [0, 0.05) is 0 Å². The van der Waals surface area contributed by atoms with E-state index < -0.39 is 12.1 Å². The molecule has 22 heavy (non-hydrogen) atoms. The minimum atomic E-state index is -0.656. The van der Waals surface area contributed by atoms with E-state index in [1.54, 1.807) is 12.1 Å². The van der Waals surface area contributed by atoms with Crippen molar-refractivity contribution in [2.24, 2.45) is 5.92 Å². The van der Waals surface area contributed by atoms with Crippen LogP contribution in [0.1, 0.15) is 27.2 Å². The number of pyridine rings is 1. The first-order valence-electron chi connectivity index (χ1n) is 7.34. The molecule has 1 aromatic heterocycles. The van der Waals surface area contributed by atoms with E-state index in [1.165, 1.54) is 4.90 Å². The van der Waals surface area contributed by atoms with Crippen LogP contribution in [0, 0.1) is 5.92 Å². The fraction of sp³-hybridized carbons (Fsp3) is 0.533. The lowest BCUT2D eigenvalue weighted by Gasteiger charge is -2.34. The van der Waals surface area contributed by atoms with Crippen LogP contribution < -0.4 is 15.4 Å². The van der Waals surface area contributed by atoms with E-state index in [0.717, 1.165) is 6.42 Å². The second kappa shape index (κ2) is 6.64. The molecule has 1 atom stereocenters. The Labute approximate surface area is 129 Å². The zero-order valence-corrected chi connectivity index (χ0v) is 13.0. The second-order valence-corrected chi connectivity index (χ2v) is 5.49. The quantitative estimate of drug-likeness (QED) is 0.825. The van der Waals surface area contributed by atoms with E-state index in [2.05, 4.69) is 4.98 Å². The number of fused-ring (bicyclic) bond motifs is 1. The number of carbonyl (C=O) groups excluding carboxylic acids is 2.